The molecule has 0 radical (unpaired) electrons. The molecule has 0 unspecified atom stereocenters. The number of ether oxygens (including phenoxy) is 1. The molecule has 0 spiro atoms. The van der Waals surface area contributed by atoms with Gasteiger partial charge in [-0.15, -0.1) is 0 Å². The van der Waals surface area contributed by atoms with Crippen LogP contribution in [0.5, 0.6) is 0 Å². The Kier molecular flexibility index (Phi) is 5.95. The van der Waals surface area contributed by atoms with Crippen molar-refractivity contribution in [1.29, 1.82) is 0 Å². The number of carbonyl (C=O) groups is 2. The van der Waals surface area contributed by atoms with Crippen molar-refractivity contribution in [2.75, 3.05) is 5.73 Å². The van der Waals surface area contributed by atoms with Crippen molar-refractivity contribution in [1.82, 2.24) is 0 Å². The van der Waals surface area contributed by atoms with Crippen LogP contribution in [0.1, 0.15) is 20.7 Å². The lowest BCUT2D eigenvalue weighted by molar-refractivity contribution is -0.384. The van der Waals surface area contributed by atoms with Crippen LogP contribution in [0.2, 0.25) is 0 Å². The fourth-order valence-electron chi connectivity index (χ4n) is 3.47. The van der Waals surface area contributed by atoms with E-state index >= 15 is 0 Å². The SMILES string of the molecule is Nc1ccc(C(=O)OC(=O)c2ccc([N+](=O)[O-])cc2-c2ccccc2)c(-c2ccccc2)c1. The molecule has 0 atom stereocenters. The van der Waals surface area contributed by atoms with E-state index in [2.05, 4.69) is 0 Å². The van der Waals surface area contributed by atoms with E-state index in [9.17, 15) is 19.7 Å². The number of hydrogen-bond donors (Lipinski definition) is 1. The average Bonchev–Trinajstić information content (AvgIpc) is 2.84. The standard InChI is InChI=1S/C26H18N2O5/c27-19-11-13-21(23(15-19)17-7-3-1-4-8-17)25(29)33-26(30)22-14-12-20(28(31)32)16-24(22)18-9-5-2-6-10-18/h1-16H,27H2. The molecule has 0 saturated carbocycles. The van der Waals surface area contributed by atoms with E-state index in [0.717, 1.165) is 5.56 Å². The molecule has 7 nitrogen and oxygen atoms in total. The van der Waals surface area contributed by atoms with Gasteiger partial charge < -0.3 is 10.5 Å². The quantitative estimate of drug-likeness (QED) is 0.145. The van der Waals surface area contributed by atoms with Gasteiger partial charge in [0.1, 0.15) is 0 Å². The summed E-state index contributed by atoms with van der Waals surface area (Å²) in [6.07, 6.45) is 0. The van der Waals surface area contributed by atoms with Gasteiger partial charge in [0.05, 0.1) is 16.1 Å². The summed E-state index contributed by atoms with van der Waals surface area (Å²) < 4.78 is 5.20. The molecule has 0 aliphatic carbocycles. The monoisotopic (exact) mass is 438 g/mol. The van der Waals surface area contributed by atoms with Crippen LogP contribution in [0.3, 0.4) is 0 Å². The molecule has 162 valence electrons. The Bertz CT molecular complexity index is 1350. The number of nitro groups is 1. The highest BCUT2D eigenvalue weighted by atomic mass is 16.6. The highest BCUT2D eigenvalue weighted by molar-refractivity contribution is 6.08. The summed E-state index contributed by atoms with van der Waals surface area (Å²) in [5.41, 5.74) is 8.54. The first-order chi connectivity index (χ1) is 15.9. The summed E-state index contributed by atoms with van der Waals surface area (Å²) in [6.45, 7) is 0. The third-order valence-corrected chi connectivity index (χ3v) is 5.05. The zero-order chi connectivity index (χ0) is 23.4. The molecule has 0 saturated heterocycles. The number of carbonyl (C=O) groups excluding carboxylic acids is 2. The third-order valence-electron chi connectivity index (χ3n) is 5.05. The number of nitrogen functional groups attached to an aromatic ring is 1. The molecule has 33 heavy (non-hydrogen) atoms. The summed E-state index contributed by atoms with van der Waals surface area (Å²) in [7, 11) is 0. The minimum Gasteiger partial charge on any atom is -0.399 e. The van der Waals surface area contributed by atoms with Gasteiger partial charge in [-0.3, -0.25) is 10.1 Å². The molecule has 4 rings (SSSR count). The van der Waals surface area contributed by atoms with Crippen LogP contribution in [-0.4, -0.2) is 16.9 Å². The fourth-order valence-corrected chi connectivity index (χ4v) is 3.47. The van der Waals surface area contributed by atoms with Gasteiger partial charge >= 0.3 is 11.9 Å². The lowest BCUT2D eigenvalue weighted by Gasteiger charge is -2.12. The van der Waals surface area contributed by atoms with Crippen LogP contribution < -0.4 is 5.73 Å². The van der Waals surface area contributed by atoms with E-state index in [0.29, 0.717) is 22.4 Å². The number of nitrogens with two attached hydrogens (primary N) is 1. The number of nitrogens with zero attached hydrogens (tertiary/aromatic N) is 1. The Morgan fingerprint density at radius 2 is 1.18 bits per heavy atom. The molecular formula is C26H18N2O5. The van der Waals surface area contributed by atoms with Crippen molar-refractivity contribution < 1.29 is 19.2 Å². The van der Waals surface area contributed by atoms with Gasteiger partial charge in [-0.2, -0.15) is 0 Å². The largest absolute Gasteiger partial charge is 0.399 e. The molecule has 0 aliphatic rings. The zero-order valence-corrected chi connectivity index (χ0v) is 17.3. The van der Waals surface area contributed by atoms with Gasteiger partial charge in [-0.05, 0) is 41.0 Å². The van der Waals surface area contributed by atoms with Gasteiger partial charge in [0.2, 0.25) is 0 Å². The van der Waals surface area contributed by atoms with Crippen LogP contribution in [0, 0.1) is 10.1 Å². The Hall–Kier alpha value is -4.78. The first kappa shape index (κ1) is 21.5. The molecule has 0 bridgehead atoms. The molecule has 4 aromatic carbocycles. The number of rotatable bonds is 5. The van der Waals surface area contributed by atoms with Gasteiger partial charge in [0.25, 0.3) is 5.69 Å². The van der Waals surface area contributed by atoms with E-state index in [1.54, 1.807) is 42.5 Å². The highest BCUT2D eigenvalue weighted by Crippen LogP contribution is 2.30. The number of non-ortho nitro benzene ring substituents is 1. The number of benzene rings is 4. The van der Waals surface area contributed by atoms with Crippen molar-refractivity contribution in [3.05, 3.63) is 118 Å². The lowest BCUT2D eigenvalue weighted by atomic mass is 9.98. The third kappa shape index (κ3) is 4.62. The lowest BCUT2D eigenvalue weighted by Crippen LogP contribution is -2.15. The maximum absolute atomic E-state index is 13.0. The number of hydrogen-bond acceptors (Lipinski definition) is 6. The minimum absolute atomic E-state index is 0.0388. The average molecular weight is 438 g/mol. The van der Waals surface area contributed by atoms with E-state index in [-0.39, 0.29) is 16.8 Å². The summed E-state index contributed by atoms with van der Waals surface area (Å²) in [5, 5.41) is 11.3. The summed E-state index contributed by atoms with van der Waals surface area (Å²) >= 11 is 0. The minimum atomic E-state index is -0.912. The maximum atomic E-state index is 13.0. The molecule has 4 aromatic rings. The Balaban J connectivity index is 1.70. The van der Waals surface area contributed by atoms with Gasteiger partial charge in [0, 0.05) is 23.4 Å². The zero-order valence-electron chi connectivity index (χ0n) is 17.3. The second-order valence-corrected chi connectivity index (χ2v) is 7.20. The second-order valence-electron chi connectivity index (χ2n) is 7.20. The van der Waals surface area contributed by atoms with Crippen LogP contribution in [-0.2, 0) is 4.74 Å². The van der Waals surface area contributed by atoms with Gasteiger partial charge in [-0.25, -0.2) is 9.59 Å². The van der Waals surface area contributed by atoms with Crippen LogP contribution in [0.4, 0.5) is 11.4 Å². The highest BCUT2D eigenvalue weighted by Gasteiger charge is 2.23. The normalized spacial score (nSPS) is 10.4. The van der Waals surface area contributed by atoms with Gasteiger partial charge in [-0.1, -0.05) is 60.7 Å². The van der Waals surface area contributed by atoms with Crippen molar-refractivity contribution >= 4 is 23.3 Å². The molecule has 7 heteroatoms. The Morgan fingerprint density at radius 3 is 1.70 bits per heavy atom. The topological polar surface area (TPSA) is 113 Å². The van der Waals surface area contributed by atoms with Crippen molar-refractivity contribution in [3.63, 3.8) is 0 Å². The molecule has 0 fully saturated rings. The predicted octanol–water partition coefficient (Wildman–Crippen LogP) is 5.51. The Morgan fingerprint density at radius 1 is 0.697 bits per heavy atom. The fraction of sp³-hybridized carbons (Fsp3) is 0. The first-order valence-electron chi connectivity index (χ1n) is 9.99. The van der Waals surface area contributed by atoms with E-state index in [4.69, 9.17) is 10.5 Å². The summed E-state index contributed by atoms with van der Waals surface area (Å²) in [6, 6.07) is 26.3. The van der Waals surface area contributed by atoms with E-state index in [1.165, 1.54) is 24.3 Å². The molecule has 0 amide bonds. The smallest absolute Gasteiger partial charge is 0.346 e. The van der Waals surface area contributed by atoms with Crippen molar-refractivity contribution in [3.8, 4) is 22.3 Å². The van der Waals surface area contributed by atoms with Crippen LogP contribution in [0.25, 0.3) is 22.3 Å². The summed E-state index contributed by atoms with van der Waals surface area (Å²) in [5.74, 6) is -1.76. The molecule has 0 aliphatic heterocycles. The van der Waals surface area contributed by atoms with E-state index < -0.39 is 16.9 Å². The number of esters is 2. The van der Waals surface area contributed by atoms with Crippen LogP contribution >= 0.6 is 0 Å². The summed E-state index contributed by atoms with van der Waals surface area (Å²) in [4.78, 5) is 36.7. The molecule has 0 heterocycles. The molecular weight excluding hydrogens is 420 g/mol. The van der Waals surface area contributed by atoms with Gasteiger partial charge in [0.15, 0.2) is 0 Å². The molecule has 2 N–H and O–H groups in total. The number of nitro benzene ring substituents is 1. The maximum Gasteiger partial charge on any atom is 0.346 e. The molecule has 0 aromatic heterocycles. The first-order valence-corrected chi connectivity index (χ1v) is 9.99. The predicted molar refractivity (Wildman–Crippen MR) is 125 cm³/mol. The van der Waals surface area contributed by atoms with Crippen LogP contribution in [0.15, 0.2) is 97.1 Å². The van der Waals surface area contributed by atoms with Crippen molar-refractivity contribution in [2.45, 2.75) is 0 Å². The van der Waals surface area contributed by atoms with E-state index in [1.807, 2.05) is 30.3 Å². The number of anilines is 1. The second kappa shape index (κ2) is 9.15. The van der Waals surface area contributed by atoms with Crippen molar-refractivity contribution in [2.24, 2.45) is 0 Å². The Labute approximate surface area is 189 Å².